The van der Waals surface area contributed by atoms with Gasteiger partial charge in [0, 0.05) is 0 Å². The smallest absolute Gasteiger partial charge is 0.338 e. The van der Waals surface area contributed by atoms with E-state index in [1.807, 2.05) is 36.4 Å². The maximum atomic E-state index is 12.5. The Labute approximate surface area is 182 Å². The summed E-state index contributed by atoms with van der Waals surface area (Å²) in [6.07, 6.45) is 7.72. The highest BCUT2D eigenvalue weighted by Gasteiger charge is 2.21. The maximum absolute atomic E-state index is 12.5. The van der Waals surface area contributed by atoms with Gasteiger partial charge in [-0.1, -0.05) is 36.4 Å². The molecule has 0 heterocycles. The zero-order chi connectivity index (χ0) is 22.2. The Bertz CT molecular complexity index is 988. The lowest BCUT2D eigenvalue weighted by Gasteiger charge is -2.16. The van der Waals surface area contributed by atoms with Crippen molar-refractivity contribution in [2.75, 3.05) is 14.2 Å². The molecule has 2 aromatic rings. The summed E-state index contributed by atoms with van der Waals surface area (Å²) in [7, 11) is 2.83. The summed E-state index contributed by atoms with van der Waals surface area (Å²) in [6, 6.07) is 14.5. The number of methoxy groups -OCH3 is 2. The number of ether oxygens (including phenoxy) is 3. The van der Waals surface area contributed by atoms with Crippen molar-refractivity contribution in [2.24, 2.45) is 5.73 Å². The van der Waals surface area contributed by atoms with Crippen molar-refractivity contribution in [3.63, 3.8) is 0 Å². The summed E-state index contributed by atoms with van der Waals surface area (Å²) in [6.45, 7) is 0. The molecule has 0 spiro atoms. The van der Waals surface area contributed by atoms with Crippen molar-refractivity contribution in [1.82, 2.24) is 0 Å². The van der Waals surface area contributed by atoms with Gasteiger partial charge in [-0.3, -0.25) is 4.79 Å². The van der Waals surface area contributed by atoms with Crippen molar-refractivity contribution in [3.05, 3.63) is 70.8 Å². The van der Waals surface area contributed by atoms with Crippen LogP contribution in [0.5, 0.6) is 11.5 Å². The molecule has 6 nitrogen and oxygen atoms in total. The number of rotatable bonds is 8. The third-order valence-corrected chi connectivity index (χ3v) is 5.17. The maximum Gasteiger partial charge on any atom is 0.338 e. The molecule has 2 N–H and O–H groups in total. The first-order chi connectivity index (χ1) is 15.0. The SMILES string of the molecule is COC(=O)C(=C\c1ccc(OC2CCCC2)c(OC)c1)/C(=C\c1ccccc1)C(N)=O. The van der Waals surface area contributed by atoms with E-state index in [0.29, 0.717) is 17.1 Å². The lowest BCUT2D eigenvalue weighted by atomic mass is 9.99. The molecule has 0 bridgehead atoms. The third kappa shape index (κ3) is 5.75. The molecule has 1 saturated carbocycles. The minimum absolute atomic E-state index is 0.0586. The van der Waals surface area contributed by atoms with Crippen LogP contribution in [0.25, 0.3) is 12.2 Å². The van der Waals surface area contributed by atoms with E-state index in [1.54, 1.807) is 31.4 Å². The molecule has 0 unspecified atom stereocenters. The average molecular weight is 421 g/mol. The molecule has 1 aliphatic rings. The van der Waals surface area contributed by atoms with Crippen LogP contribution < -0.4 is 15.2 Å². The second kappa shape index (κ2) is 10.5. The van der Waals surface area contributed by atoms with Crippen LogP contribution >= 0.6 is 0 Å². The van der Waals surface area contributed by atoms with Crippen LogP contribution in [0.4, 0.5) is 0 Å². The molecule has 0 aliphatic heterocycles. The number of hydrogen-bond donors (Lipinski definition) is 1. The van der Waals surface area contributed by atoms with Gasteiger partial charge in [0.25, 0.3) is 0 Å². The van der Waals surface area contributed by atoms with Crippen LogP contribution in [-0.2, 0) is 14.3 Å². The fourth-order valence-electron chi connectivity index (χ4n) is 3.58. The molecule has 0 aromatic heterocycles. The van der Waals surface area contributed by atoms with E-state index in [9.17, 15) is 9.59 Å². The molecule has 3 rings (SSSR count). The van der Waals surface area contributed by atoms with Gasteiger partial charge in [0.05, 0.1) is 31.5 Å². The normalized spacial score (nSPS) is 14.9. The number of esters is 1. The molecule has 162 valence electrons. The zero-order valence-electron chi connectivity index (χ0n) is 17.8. The van der Waals surface area contributed by atoms with Gasteiger partial charge in [-0.25, -0.2) is 4.79 Å². The molecule has 1 amide bonds. The van der Waals surface area contributed by atoms with Crippen molar-refractivity contribution in [1.29, 1.82) is 0 Å². The summed E-state index contributed by atoms with van der Waals surface area (Å²) >= 11 is 0. The summed E-state index contributed by atoms with van der Waals surface area (Å²) in [4.78, 5) is 24.7. The predicted molar refractivity (Wildman–Crippen MR) is 119 cm³/mol. The van der Waals surface area contributed by atoms with Gasteiger partial charge in [0.2, 0.25) is 5.91 Å². The first-order valence-electron chi connectivity index (χ1n) is 10.2. The molecule has 0 radical (unpaired) electrons. The topological polar surface area (TPSA) is 87.8 Å². The molecular formula is C25H27NO5. The molecule has 2 aromatic carbocycles. The lowest BCUT2D eigenvalue weighted by Crippen LogP contribution is -2.20. The summed E-state index contributed by atoms with van der Waals surface area (Å²) in [5.74, 6) is -0.182. The van der Waals surface area contributed by atoms with E-state index in [4.69, 9.17) is 19.9 Å². The second-order valence-corrected chi connectivity index (χ2v) is 7.32. The monoisotopic (exact) mass is 421 g/mol. The van der Waals surface area contributed by atoms with Gasteiger partial charge in [0.1, 0.15) is 0 Å². The number of amides is 1. The fraction of sp³-hybridized carbons (Fsp3) is 0.280. The molecule has 31 heavy (non-hydrogen) atoms. The van der Waals surface area contributed by atoms with E-state index >= 15 is 0 Å². The number of primary amides is 1. The molecule has 1 aliphatic carbocycles. The summed E-state index contributed by atoms with van der Waals surface area (Å²) < 4.78 is 16.5. The van der Waals surface area contributed by atoms with Crippen molar-refractivity contribution in [2.45, 2.75) is 31.8 Å². The van der Waals surface area contributed by atoms with Crippen LogP contribution in [0, 0.1) is 0 Å². The molecule has 6 heteroatoms. The Morgan fingerprint density at radius 3 is 2.19 bits per heavy atom. The minimum atomic E-state index is -0.728. The highest BCUT2D eigenvalue weighted by atomic mass is 16.5. The Morgan fingerprint density at radius 2 is 1.58 bits per heavy atom. The van der Waals surface area contributed by atoms with Gasteiger partial charge in [-0.15, -0.1) is 0 Å². The molecule has 1 fully saturated rings. The van der Waals surface area contributed by atoms with Crippen molar-refractivity contribution in [3.8, 4) is 11.5 Å². The van der Waals surface area contributed by atoms with Crippen LogP contribution in [0.2, 0.25) is 0 Å². The Hall–Kier alpha value is -3.54. The van der Waals surface area contributed by atoms with Crippen LogP contribution in [-0.4, -0.2) is 32.2 Å². The first-order valence-corrected chi connectivity index (χ1v) is 10.2. The van der Waals surface area contributed by atoms with E-state index in [2.05, 4.69) is 0 Å². The molecule has 0 saturated heterocycles. The Balaban J connectivity index is 1.99. The molecular weight excluding hydrogens is 394 g/mol. The largest absolute Gasteiger partial charge is 0.493 e. The third-order valence-electron chi connectivity index (χ3n) is 5.17. The van der Waals surface area contributed by atoms with Gasteiger partial charge in [0.15, 0.2) is 11.5 Å². The Kier molecular flexibility index (Phi) is 7.49. The van der Waals surface area contributed by atoms with E-state index < -0.39 is 11.9 Å². The first kappa shape index (κ1) is 22.2. The Morgan fingerprint density at radius 1 is 0.903 bits per heavy atom. The van der Waals surface area contributed by atoms with Crippen LogP contribution in [0.3, 0.4) is 0 Å². The predicted octanol–water partition coefficient (Wildman–Crippen LogP) is 4.14. The lowest BCUT2D eigenvalue weighted by molar-refractivity contribution is -0.136. The summed E-state index contributed by atoms with van der Waals surface area (Å²) in [5, 5.41) is 0. The number of benzene rings is 2. The summed E-state index contributed by atoms with van der Waals surface area (Å²) in [5.41, 5.74) is 7.11. The fourth-order valence-corrected chi connectivity index (χ4v) is 3.58. The van der Waals surface area contributed by atoms with Crippen molar-refractivity contribution < 1.29 is 23.8 Å². The van der Waals surface area contributed by atoms with Crippen LogP contribution in [0.15, 0.2) is 59.7 Å². The van der Waals surface area contributed by atoms with Gasteiger partial charge < -0.3 is 19.9 Å². The van der Waals surface area contributed by atoms with Crippen LogP contribution in [0.1, 0.15) is 36.8 Å². The zero-order valence-corrected chi connectivity index (χ0v) is 17.8. The second-order valence-electron chi connectivity index (χ2n) is 7.32. The van der Waals surface area contributed by atoms with Gasteiger partial charge in [-0.05, 0) is 61.1 Å². The number of carbonyl (C=O) groups is 2. The van der Waals surface area contributed by atoms with E-state index in [0.717, 1.165) is 18.4 Å². The number of hydrogen-bond acceptors (Lipinski definition) is 5. The highest BCUT2D eigenvalue weighted by molar-refractivity contribution is 6.14. The quantitative estimate of drug-likeness (QED) is 0.393. The average Bonchev–Trinajstić information content (AvgIpc) is 3.30. The highest BCUT2D eigenvalue weighted by Crippen LogP contribution is 2.33. The van der Waals surface area contributed by atoms with E-state index in [-0.39, 0.29) is 17.3 Å². The van der Waals surface area contributed by atoms with Gasteiger partial charge >= 0.3 is 5.97 Å². The van der Waals surface area contributed by atoms with E-state index in [1.165, 1.54) is 20.0 Å². The number of nitrogens with two attached hydrogens (primary N) is 1. The molecule has 0 atom stereocenters. The number of carbonyl (C=O) groups excluding carboxylic acids is 2. The van der Waals surface area contributed by atoms with Crippen molar-refractivity contribution >= 4 is 24.0 Å². The minimum Gasteiger partial charge on any atom is -0.493 e. The standard InChI is InChI=1S/C25H27NO5/c1-29-23-16-18(12-13-22(23)31-19-10-6-7-11-19)15-21(25(28)30-2)20(24(26)27)14-17-8-4-3-5-9-17/h3-5,8-9,12-16,19H,6-7,10-11H2,1-2H3,(H2,26,27)/b20-14+,21-15-. The van der Waals surface area contributed by atoms with Gasteiger partial charge in [-0.2, -0.15) is 0 Å².